The van der Waals surface area contributed by atoms with Crippen LogP contribution in [-0.2, 0) is 14.9 Å². The molecule has 2 aromatic heterocycles. The molecule has 7 heteroatoms. The van der Waals surface area contributed by atoms with Crippen LogP contribution in [0.3, 0.4) is 0 Å². The molecule has 4 rings (SSSR count). The highest BCUT2D eigenvalue weighted by atomic mass is 16.5. The minimum atomic E-state index is -0.655. The van der Waals surface area contributed by atoms with E-state index in [0.717, 1.165) is 16.8 Å². The Morgan fingerprint density at radius 2 is 1.69 bits per heavy atom. The first-order valence-corrected chi connectivity index (χ1v) is 10.3. The average molecular weight is 428 g/mol. The van der Waals surface area contributed by atoms with E-state index in [-0.39, 0.29) is 11.1 Å². The molecule has 32 heavy (non-hydrogen) atoms. The van der Waals surface area contributed by atoms with Crippen LogP contribution < -0.4 is 5.32 Å². The van der Waals surface area contributed by atoms with Crippen LogP contribution in [0, 0.1) is 0 Å². The quantitative estimate of drug-likeness (QED) is 0.473. The Bertz CT molecular complexity index is 1270. The number of carbonyl (C=O) groups is 2. The molecule has 1 amide bonds. The SMILES string of the molecule is CC(C)(C)c1cc(NC(=O)COC(=O)c2ccc3ccccc3n2)n(-c2ccccc2)n1. The topological polar surface area (TPSA) is 86.1 Å². The van der Waals surface area contributed by atoms with Crippen molar-refractivity contribution in [2.24, 2.45) is 0 Å². The van der Waals surface area contributed by atoms with Crippen LogP contribution in [0.4, 0.5) is 5.82 Å². The Morgan fingerprint density at radius 1 is 0.969 bits per heavy atom. The van der Waals surface area contributed by atoms with E-state index < -0.39 is 18.5 Å². The second kappa shape index (κ2) is 8.63. The maximum Gasteiger partial charge on any atom is 0.357 e. The van der Waals surface area contributed by atoms with Crippen LogP contribution >= 0.6 is 0 Å². The first-order chi connectivity index (χ1) is 15.3. The number of aromatic nitrogens is 3. The third-order valence-corrected chi connectivity index (χ3v) is 4.89. The van der Waals surface area contributed by atoms with Gasteiger partial charge in [0.2, 0.25) is 0 Å². The zero-order valence-electron chi connectivity index (χ0n) is 18.2. The summed E-state index contributed by atoms with van der Waals surface area (Å²) < 4.78 is 6.86. The summed E-state index contributed by atoms with van der Waals surface area (Å²) in [5, 5.41) is 8.38. The van der Waals surface area contributed by atoms with Crippen molar-refractivity contribution in [3.63, 3.8) is 0 Å². The Hall–Kier alpha value is -4.00. The Labute approximate surface area is 186 Å². The van der Waals surface area contributed by atoms with Gasteiger partial charge in [0.05, 0.1) is 16.9 Å². The number of esters is 1. The van der Waals surface area contributed by atoms with Gasteiger partial charge in [0, 0.05) is 16.9 Å². The number of hydrogen-bond acceptors (Lipinski definition) is 5. The number of benzene rings is 2. The largest absolute Gasteiger partial charge is 0.451 e. The van der Waals surface area contributed by atoms with Gasteiger partial charge in [0.1, 0.15) is 11.5 Å². The van der Waals surface area contributed by atoms with Gasteiger partial charge >= 0.3 is 5.97 Å². The van der Waals surface area contributed by atoms with Gasteiger partial charge in [-0.05, 0) is 24.3 Å². The number of para-hydroxylation sites is 2. The van der Waals surface area contributed by atoms with Crippen molar-refractivity contribution in [1.82, 2.24) is 14.8 Å². The minimum Gasteiger partial charge on any atom is -0.451 e. The number of carbonyl (C=O) groups excluding carboxylic acids is 2. The summed E-state index contributed by atoms with van der Waals surface area (Å²) in [7, 11) is 0. The van der Waals surface area contributed by atoms with Crippen molar-refractivity contribution < 1.29 is 14.3 Å². The standard InChI is InChI=1S/C25H24N4O3/c1-25(2,3)21-15-22(29(28-21)18-10-5-4-6-11-18)27-23(30)16-32-24(31)20-14-13-17-9-7-8-12-19(17)26-20/h4-15H,16H2,1-3H3,(H,27,30). The molecular formula is C25H24N4O3. The molecule has 0 aliphatic heterocycles. The van der Waals surface area contributed by atoms with Gasteiger partial charge in [0.25, 0.3) is 5.91 Å². The van der Waals surface area contributed by atoms with Gasteiger partial charge in [-0.1, -0.05) is 63.2 Å². The molecule has 0 saturated carbocycles. The minimum absolute atomic E-state index is 0.154. The third kappa shape index (κ3) is 4.67. The molecule has 1 N–H and O–H groups in total. The second-order valence-electron chi connectivity index (χ2n) is 8.43. The molecule has 0 unspecified atom stereocenters. The number of ether oxygens (including phenoxy) is 1. The van der Waals surface area contributed by atoms with E-state index in [9.17, 15) is 9.59 Å². The van der Waals surface area contributed by atoms with Crippen LogP contribution in [0.2, 0.25) is 0 Å². The number of rotatable bonds is 5. The number of anilines is 1. The number of hydrogen-bond donors (Lipinski definition) is 1. The highest BCUT2D eigenvalue weighted by molar-refractivity contribution is 5.95. The normalized spacial score (nSPS) is 11.3. The highest BCUT2D eigenvalue weighted by Gasteiger charge is 2.22. The Balaban J connectivity index is 1.47. The van der Waals surface area contributed by atoms with Crippen LogP contribution in [0.1, 0.15) is 37.0 Å². The second-order valence-corrected chi connectivity index (χ2v) is 8.43. The summed E-state index contributed by atoms with van der Waals surface area (Å²) in [4.78, 5) is 29.2. The first-order valence-electron chi connectivity index (χ1n) is 10.3. The monoisotopic (exact) mass is 428 g/mol. The van der Waals surface area contributed by atoms with Gasteiger partial charge in [-0.2, -0.15) is 5.10 Å². The Morgan fingerprint density at radius 3 is 2.44 bits per heavy atom. The smallest absolute Gasteiger partial charge is 0.357 e. The fourth-order valence-electron chi connectivity index (χ4n) is 3.17. The average Bonchev–Trinajstić information content (AvgIpc) is 3.22. The van der Waals surface area contributed by atoms with E-state index >= 15 is 0 Å². The van der Waals surface area contributed by atoms with E-state index in [1.165, 1.54) is 0 Å². The van der Waals surface area contributed by atoms with Gasteiger partial charge in [-0.15, -0.1) is 0 Å². The lowest BCUT2D eigenvalue weighted by Crippen LogP contribution is -2.22. The van der Waals surface area contributed by atoms with Crippen molar-refractivity contribution in [2.75, 3.05) is 11.9 Å². The fourth-order valence-corrected chi connectivity index (χ4v) is 3.17. The molecule has 2 heterocycles. The lowest BCUT2D eigenvalue weighted by Gasteiger charge is -2.14. The van der Waals surface area contributed by atoms with Gasteiger partial charge in [0.15, 0.2) is 6.61 Å². The van der Waals surface area contributed by atoms with Crippen molar-refractivity contribution in [1.29, 1.82) is 0 Å². The summed E-state index contributed by atoms with van der Waals surface area (Å²) in [6, 6.07) is 22.2. The third-order valence-electron chi connectivity index (χ3n) is 4.89. The summed E-state index contributed by atoms with van der Waals surface area (Å²) >= 11 is 0. The molecule has 0 atom stereocenters. The van der Waals surface area contributed by atoms with E-state index in [4.69, 9.17) is 4.74 Å². The molecule has 4 aromatic rings. The molecule has 0 aliphatic carbocycles. The van der Waals surface area contributed by atoms with Gasteiger partial charge in [-0.25, -0.2) is 14.5 Å². The highest BCUT2D eigenvalue weighted by Crippen LogP contribution is 2.26. The predicted molar refractivity (Wildman–Crippen MR) is 123 cm³/mol. The summed E-state index contributed by atoms with van der Waals surface area (Å²) in [6.07, 6.45) is 0. The number of pyridine rings is 1. The van der Waals surface area contributed by atoms with Crippen molar-refractivity contribution >= 4 is 28.6 Å². The molecule has 2 aromatic carbocycles. The Kier molecular flexibility index (Phi) is 5.73. The van der Waals surface area contributed by atoms with Crippen molar-refractivity contribution in [3.8, 4) is 5.69 Å². The van der Waals surface area contributed by atoms with Crippen LogP contribution in [0.5, 0.6) is 0 Å². The van der Waals surface area contributed by atoms with E-state index in [1.54, 1.807) is 16.8 Å². The van der Waals surface area contributed by atoms with E-state index in [0.29, 0.717) is 11.3 Å². The van der Waals surface area contributed by atoms with Gasteiger partial charge < -0.3 is 10.1 Å². The predicted octanol–water partition coefficient (Wildman–Crippen LogP) is 4.51. The molecule has 0 aliphatic rings. The number of nitrogens with zero attached hydrogens (tertiary/aromatic N) is 3. The summed E-state index contributed by atoms with van der Waals surface area (Å²) in [5.74, 6) is -0.611. The molecule has 0 spiro atoms. The molecule has 0 fully saturated rings. The molecule has 0 bridgehead atoms. The summed E-state index contributed by atoms with van der Waals surface area (Å²) in [6.45, 7) is 5.72. The zero-order valence-corrected chi connectivity index (χ0v) is 18.2. The zero-order chi connectivity index (χ0) is 22.7. The lowest BCUT2D eigenvalue weighted by molar-refractivity contribution is -0.119. The molecule has 0 saturated heterocycles. The van der Waals surface area contributed by atoms with Crippen LogP contribution in [-0.4, -0.2) is 33.2 Å². The number of fused-ring (bicyclic) bond motifs is 1. The maximum atomic E-state index is 12.6. The van der Waals surface area contributed by atoms with E-state index in [2.05, 4.69) is 36.2 Å². The van der Waals surface area contributed by atoms with Gasteiger partial charge in [-0.3, -0.25) is 4.79 Å². The fraction of sp³-hybridized carbons (Fsp3) is 0.200. The number of amides is 1. The van der Waals surface area contributed by atoms with E-state index in [1.807, 2.05) is 60.7 Å². The maximum absolute atomic E-state index is 12.6. The molecule has 7 nitrogen and oxygen atoms in total. The van der Waals surface area contributed by atoms with Crippen LogP contribution in [0.25, 0.3) is 16.6 Å². The number of nitrogens with one attached hydrogen (secondary N) is 1. The molecule has 162 valence electrons. The molecule has 0 radical (unpaired) electrons. The molecular weight excluding hydrogens is 404 g/mol. The van der Waals surface area contributed by atoms with Crippen molar-refractivity contribution in [2.45, 2.75) is 26.2 Å². The first kappa shape index (κ1) is 21.2. The lowest BCUT2D eigenvalue weighted by atomic mass is 9.92. The van der Waals surface area contributed by atoms with Crippen LogP contribution in [0.15, 0.2) is 72.8 Å². The van der Waals surface area contributed by atoms with Crippen molar-refractivity contribution in [3.05, 3.63) is 84.2 Å². The summed E-state index contributed by atoms with van der Waals surface area (Å²) in [5.41, 5.74) is 2.28.